The van der Waals surface area contributed by atoms with E-state index in [0.717, 1.165) is 6.07 Å². The first-order valence-electron chi connectivity index (χ1n) is 4.85. The lowest BCUT2D eigenvalue weighted by Gasteiger charge is -2.04. The second kappa shape index (κ2) is 6.17. The minimum atomic E-state index is -0.594. The zero-order chi connectivity index (χ0) is 12.0. The van der Waals surface area contributed by atoms with Crippen molar-refractivity contribution >= 4 is 5.97 Å². The third kappa shape index (κ3) is 3.94. The fourth-order valence-electron chi connectivity index (χ4n) is 1.21. The van der Waals surface area contributed by atoms with Crippen LogP contribution in [0.1, 0.15) is 5.56 Å². The van der Waals surface area contributed by atoms with E-state index in [2.05, 4.69) is 10.1 Å². The Balaban J connectivity index is 2.35. The van der Waals surface area contributed by atoms with Crippen molar-refractivity contribution in [3.63, 3.8) is 0 Å². The van der Waals surface area contributed by atoms with Crippen LogP contribution in [0.25, 0.3) is 0 Å². The van der Waals surface area contributed by atoms with Crippen molar-refractivity contribution in [1.29, 1.82) is 0 Å². The van der Waals surface area contributed by atoms with Gasteiger partial charge in [0.25, 0.3) is 0 Å². The lowest BCUT2D eigenvalue weighted by molar-refractivity contribution is -0.139. The molecule has 88 valence electrons. The van der Waals surface area contributed by atoms with E-state index in [4.69, 9.17) is 0 Å². The van der Waals surface area contributed by atoms with Crippen LogP contribution in [0, 0.1) is 11.6 Å². The Bertz CT molecular complexity index is 369. The third-order valence-corrected chi connectivity index (χ3v) is 2.08. The SMILES string of the molecule is COC(=O)CNCCc1ccc(F)cc1F. The molecular weight excluding hydrogens is 216 g/mol. The van der Waals surface area contributed by atoms with Crippen molar-refractivity contribution in [2.45, 2.75) is 6.42 Å². The molecule has 0 aromatic heterocycles. The monoisotopic (exact) mass is 229 g/mol. The van der Waals surface area contributed by atoms with E-state index in [1.807, 2.05) is 0 Å². The van der Waals surface area contributed by atoms with Crippen LogP contribution >= 0.6 is 0 Å². The highest BCUT2D eigenvalue weighted by Gasteiger charge is 2.04. The van der Waals surface area contributed by atoms with Crippen LogP contribution in [-0.2, 0) is 16.0 Å². The molecule has 1 rings (SSSR count). The highest BCUT2D eigenvalue weighted by Crippen LogP contribution is 2.09. The molecule has 0 spiro atoms. The average molecular weight is 229 g/mol. The van der Waals surface area contributed by atoms with E-state index in [9.17, 15) is 13.6 Å². The van der Waals surface area contributed by atoms with Gasteiger partial charge in [-0.05, 0) is 24.6 Å². The van der Waals surface area contributed by atoms with Crippen molar-refractivity contribution in [3.05, 3.63) is 35.4 Å². The predicted octanol–water partition coefficient (Wildman–Crippen LogP) is 1.27. The molecule has 0 fully saturated rings. The number of carbonyl (C=O) groups excluding carboxylic acids is 1. The lowest BCUT2D eigenvalue weighted by atomic mass is 10.1. The second-order valence-electron chi connectivity index (χ2n) is 3.24. The van der Waals surface area contributed by atoms with Gasteiger partial charge < -0.3 is 10.1 Å². The van der Waals surface area contributed by atoms with Crippen LogP contribution in [0.4, 0.5) is 8.78 Å². The van der Waals surface area contributed by atoms with Gasteiger partial charge in [-0.25, -0.2) is 8.78 Å². The molecule has 0 saturated heterocycles. The lowest BCUT2D eigenvalue weighted by Crippen LogP contribution is -2.26. The van der Waals surface area contributed by atoms with Gasteiger partial charge in [0.1, 0.15) is 11.6 Å². The Morgan fingerprint density at radius 2 is 2.19 bits per heavy atom. The molecule has 0 unspecified atom stereocenters. The zero-order valence-electron chi connectivity index (χ0n) is 8.93. The molecular formula is C11H13F2NO2. The number of hydrogen-bond acceptors (Lipinski definition) is 3. The van der Waals surface area contributed by atoms with Gasteiger partial charge in [-0.2, -0.15) is 0 Å². The molecule has 5 heteroatoms. The number of carbonyl (C=O) groups is 1. The Labute approximate surface area is 92.4 Å². The molecule has 0 atom stereocenters. The summed E-state index contributed by atoms with van der Waals surface area (Å²) in [4.78, 5) is 10.7. The topological polar surface area (TPSA) is 38.3 Å². The molecule has 0 aliphatic heterocycles. The van der Waals surface area contributed by atoms with Crippen molar-refractivity contribution in [2.75, 3.05) is 20.2 Å². The summed E-state index contributed by atoms with van der Waals surface area (Å²) in [5.74, 6) is -1.54. The maximum absolute atomic E-state index is 13.1. The second-order valence-corrected chi connectivity index (χ2v) is 3.24. The molecule has 3 nitrogen and oxygen atoms in total. The summed E-state index contributed by atoms with van der Waals surface area (Å²) >= 11 is 0. The van der Waals surface area contributed by atoms with Gasteiger partial charge in [0.05, 0.1) is 13.7 Å². The van der Waals surface area contributed by atoms with E-state index in [-0.39, 0.29) is 12.5 Å². The van der Waals surface area contributed by atoms with E-state index in [0.29, 0.717) is 18.5 Å². The summed E-state index contributed by atoms with van der Waals surface area (Å²) in [7, 11) is 1.30. The number of esters is 1. The van der Waals surface area contributed by atoms with Crippen molar-refractivity contribution in [1.82, 2.24) is 5.32 Å². The summed E-state index contributed by atoms with van der Waals surface area (Å²) in [6.07, 6.45) is 0.392. The van der Waals surface area contributed by atoms with Crippen LogP contribution < -0.4 is 5.32 Å². The van der Waals surface area contributed by atoms with Crippen LogP contribution in [0.2, 0.25) is 0 Å². The van der Waals surface area contributed by atoms with Gasteiger partial charge in [-0.1, -0.05) is 6.07 Å². The predicted molar refractivity (Wildman–Crippen MR) is 54.9 cm³/mol. The van der Waals surface area contributed by atoms with Crippen LogP contribution in [0.15, 0.2) is 18.2 Å². The summed E-state index contributed by atoms with van der Waals surface area (Å²) in [6.45, 7) is 0.511. The number of halogens is 2. The Morgan fingerprint density at radius 1 is 1.44 bits per heavy atom. The Hall–Kier alpha value is -1.49. The smallest absolute Gasteiger partial charge is 0.319 e. The van der Waals surface area contributed by atoms with Crippen molar-refractivity contribution in [3.8, 4) is 0 Å². The van der Waals surface area contributed by atoms with Gasteiger partial charge in [-0.15, -0.1) is 0 Å². The fourth-order valence-corrected chi connectivity index (χ4v) is 1.21. The maximum atomic E-state index is 13.1. The van der Waals surface area contributed by atoms with Gasteiger partial charge in [0.15, 0.2) is 0 Å². The number of hydrogen-bond donors (Lipinski definition) is 1. The van der Waals surface area contributed by atoms with Gasteiger partial charge in [-0.3, -0.25) is 4.79 Å². The molecule has 1 aromatic rings. The van der Waals surface area contributed by atoms with E-state index < -0.39 is 11.6 Å². The number of benzene rings is 1. The molecule has 0 aliphatic carbocycles. The normalized spacial score (nSPS) is 10.2. The van der Waals surface area contributed by atoms with Crippen LogP contribution in [0.3, 0.4) is 0 Å². The molecule has 0 bridgehead atoms. The molecule has 0 amide bonds. The summed E-state index contributed by atoms with van der Waals surface area (Å²) in [5, 5.41) is 2.79. The van der Waals surface area contributed by atoms with Gasteiger partial charge >= 0.3 is 5.97 Å². The van der Waals surface area contributed by atoms with Gasteiger partial charge in [0.2, 0.25) is 0 Å². The van der Waals surface area contributed by atoms with Crippen LogP contribution in [0.5, 0.6) is 0 Å². The highest BCUT2D eigenvalue weighted by atomic mass is 19.1. The quantitative estimate of drug-likeness (QED) is 0.610. The minimum Gasteiger partial charge on any atom is -0.468 e. The molecule has 0 saturated carbocycles. The molecule has 0 heterocycles. The molecule has 1 aromatic carbocycles. The Kier molecular flexibility index (Phi) is 4.85. The number of ether oxygens (including phenoxy) is 1. The highest BCUT2D eigenvalue weighted by molar-refractivity contribution is 5.71. The third-order valence-electron chi connectivity index (χ3n) is 2.08. The molecule has 1 N–H and O–H groups in total. The minimum absolute atomic E-state index is 0.0827. The molecule has 16 heavy (non-hydrogen) atoms. The standard InChI is InChI=1S/C11H13F2NO2/c1-16-11(15)7-14-5-4-8-2-3-9(12)6-10(8)13/h2-3,6,14H,4-5,7H2,1H3. The first-order valence-corrected chi connectivity index (χ1v) is 4.85. The van der Waals surface area contributed by atoms with E-state index in [1.54, 1.807) is 0 Å². The van der Waals surface area contributed by atoms with E-state index >= 15 is 0 Å². The summed E-state index contributed by atoms with van der Waals surface area (Å²) in [6, 6.07) is 3.44. The zero-order valence-corrected chi connectivity index (χ0v) is 8.93. The maximum Gasteiger partial charge on any atom is 0.319 e. The number of nitrogens with one attached hydrogen (secondary N) is 1. The first-order chi connectivity index (χ1) is 7.63. The number of methoxy groups -OCH3 is 1. The number of rotatable bonds is 5. The van der Waals surface area contributed by atoms with Gasteiger partial charge in [0, 0.05) is 6.07 Å². The molecule has 0 aliphatic rings. The van der Waals surface area contributed by atoms with Crippen molar-refractivity contribution in [2.24, 2.45) is 0 Å². The summed E-state index contributed by atoms with van der Waals surface area (Å²) in [5.41, 5.74) is 0.416. The van der Waals surface area contributed by atoms with E-state index in [1.165, 1.54) is 19.2 Å². The first kappa shape index (κ1) is 12.6. The molecule has 0 radical (unpaired) electrons. The van der Waals surface area contributed by atoms with Crippen molar-refractivity contribution < 1.29 is 18.3 Å². The Morgan fingerprint density at radius 3 is 2.81 bits per heavy atom. The summed E-state index contributed by atoms with van der Waals surface area (Å²) < 4.78 is 30.1. The fraction of sp³-hybridized carbons (Fsp3) is 0.364. The largest absolute Gasteiger partial charge is 0.468 e. The average Bonchev–Trinajstić information content (AvgIpc) is 2.26. The van der Waals surface area contributed by atoms with Crippen LogP contribution in [-0.4, -0.2) is 26.2 Å².